The number of halogens is 1. The largest absolute Gasteiger partial charge is 0.497 e. The van der Waals surface area contributed by atoms with Crippen LogP contribution in [0.2, 0.25) is 0 Å². The van der Waals surface area contributed by atoms with E-state index in [1.165, 1.54) is 22.3 Å². The Balaban J connectivity index is 0.00000272. The summed E-state index contributed by atoms with van der Waals surface area (Å²) in [6.07, 6.45) is 1.49. The van der Waals surface area contributed by atoms with Crippen LogP contribution in [0.5, 0.6) is 11.5 Å². The van der Waals surface area contributed by atoms with Crippen molar-refractivity contribution in [2.75, 3.05) is 20.3 Å². The van der Waals surface area contributed by atoms with Gasteiger partial charge in [0, 0.05) is 12.5 Å². The van der Waals surface area contributed by atoms with Crippen LogP contribution in [-0.2, 0) is 6.42 Å². The molecule has 4 nitrogen and oxygen atoms in total. The lowest BCUT2D eigenvalue weighted by Gasteiger charge is -2.35. The van der Waals surface area contributed by atoms with E-state index in [0.717, 1.165) is 24.3 Å². The second-order valence-electron chi connectivity index (χ2n) is 7.87. The number of aliphatic hydroxyl groups excluding tert-OH is 1. The third kappa shape index (κ3) is 5.21. The van der Waals surface area contributed by atoms with Crippen LogP contribution in [0.25, 0.3) is 0 Å². The number of aryl methyl sites for hydroxylation is 1. The molecule has 4 rings (SSSR count). The van der Waals surface area contributed by atoms with Crippen molar-refractivity contribution in [3.63, 3.8) is 0 Å². The van der Waals surface area contributed by atoms with Gasteiger partial charge in [0.15, 0.2) is 0 Å². The molecule has 1 aliphatic rings. The third-order valence-electron chi connectivity index (χ3n) is 5.99. The van der Waals surface area contributed by atoms with E-state index in [2.05, 4.69) is 60.7 Å². The maximum absolute atomic E-state index is 9.63. The van der Waals surface area contributed by atoms with Crippen LogP contribution < -0.4 is 15.2 Å². The summed E-state index contributed by atoms with van der Waals surface area (Å²) in [6.45, 7) is 0.397. The second-order valence-corrected chi connectivity index (χ2v) is 7.87. The summed E-state index contributed by atoms with van der Waals surface area (Å²) in [4.78, 5) is 0. The zero-order valence-electron chi connectivity index (χ0n) is 17.7. The summed E-state index contributed by atoms with van der Waals surface area (Å²) in [5.41, 5.74) is 10.8. The lowest BCUT2D eigenvalue weighted by molar-refractivity contribution is 0.114. The van der Waals surface area contributed by atoms with Crippen molar-refractivity contribution in [3.8, 4) is 11.5 Å². The van der Waals surface area contributed by atoms with Gasteiger partial charge in [-0.25, -0.2) is 0 Å². The lowest BCUT2D eigenvalue weighted by atomic mass is 9.69. The first-order valence-corrected chi connectivity index (χ1v) is 10.5. The van der Waals surface area contributed by atoms with Gasteiger partial charge in [-0.2, -0.15) is 0 Å². The van der Waals surface area contributed by atoms with Gasteiger partial charge >= 0.3 is 0 Å². The van der Waals surface area contributed by atoms with Crippen molar-refractivity contribution in [2.24, 2.45) is 5.73 Å². The minimum atomic E-state index is -0.646. The number of benzene rings is 3. The maximum atomic E-state index is 9.63. The Morgan fingerprint density at radius 3 is 2.35 bits per heavy atom. The molecule has 0 saturated carbocycles. The molecule has 0 aromatic heterocycles. The van der Waals surface area contributed by atoms with Gasteiger partial charge in [0.2, 0.25) is 0 Å². The Bertz CT molecular complexity index is 962. The summed E-state index contributed by atoms with van der Waals surface area (Å²) < 4.78 is 11.1. The SMILES string of the molecule is COc1ccc2c(c1)CC[C@H](c1ccccc1)[C@@H]2c1ccc(OCC(O)CN)cc1.Cl. The normalized spacial score (nSPS) is 18.4. The Morgan fingerprint density at radius 2 is 1.68 bits per heavy atom. The average molecular weight is 440 g/mol. The Kier molecular flexibility index (Phi) is 7.97. The first-order valence-electron chi connectivity index (χ1n) is 10.5. The highest BCUT2D eigenvalue weighted by molar-refractivity contribution is 5.85. The van der Waals surface area contributed by atoms with Crippen LogP contribution in [0.15, 0.2) is 72.8 Å². The molecule has 3 atom stereocenters. The fourth-order valence-electron chi connectivity index (χ4n) is 4.43. The number of aliphatic hydroxyl groups is 1. The minimum absolute atomic E-state index is 0. The van der Waals surface area contributed by atoms with Crippen LogP contribution in [0, 0.1) is 0 Å². The monoisotopic (exact) mass is 439 g/mol. The smallest absolute Gasteiger partial charge is 0.119 e. The topological polar surface area (TPSA) is 64.7 Å². The fraction of sp³-hybridized carbons (Fsp3) is 0.308. The van der Waals surface area contributed by atoms with E-state index in [-0.39, 0.29) is 31.5 Å². The van der Waals surface area contributed by atoms with Gasteiger partial charge in [-0.3, -0.25) is 0 Å². The molecule has 3 N–H and O–H groups in total. The highest BCUT2D eigenvalue weighted by atomic mass is 35.5. The van der Waals surface area contributed by atoms with Gasteiger partial charge in [-0.05, 0) is 65.3 Å². The molecule has 0 saturated heterocycles. The van der Waals surface area contributed by atoms with E-state index in [1.807, 2.05) is 12.1 Å². The summed E-state index contributed by atoms with van der Waals surface area (Å²) in [6, 6.07) is 25.5. The predicted octanol–water partition coefficient (Wildman–Crippen LogP) is 4.68. The number of hydrogen-bond acceptors (Lipinski definition) is 4. The molecule has 0 fully saturated rings. The van der Waals surface area contributed by atoms with Crippen molar-refractivity contribution in [2.45, 2.75) is 30.8 Å². The maximum Gasteiger partial charge on any atom is 0.119 e. The van der Waals surface area contributed by atoms with E-state index in [1.54, 1.807) is 7.11 Å². The van der Waals surface area contributed by atoms with Gasteiger partial charge in [0.25, 0.3) is 0 Å². The van der Waals surface area contributed by atoms with E-state index in [0.29, 0.717) is 5.92 Å². The van der Waals surface area contributed by atoms with Crippen molar-refractivity contribution in [1.82, 2.24) is 0 Å². The van der Waals surface area contributed by atoms with Gasteiger partial charge in [-0.1, -0.05) is 48.5 Å². The minimum Gasteiger partial charge on any atom is -0.497 e. The number of rotatable bonds is 7. The molecular formula is C26H30ClNO3. The molecule has 0 radical (unpaired) electrons. The fourth-order valence-corrected chi connectivity index (χ4v) is 4.43. The molecule has 1 unspecified atom stereocenters. The molecule has 5 heteroatoms. The van der Waals surface area contributed by atoms with E-state index in [4.69, 9.17) is 15.2 Å². The number of fused-ring (bicyclic) bond motifs is 1. The van der Waals surface area contributed by atoms with Crippen molar-refractivity contribution in [1.29, 1.82) is 0 Å². The van der Waals surface area contributed by atoms with Crippen molar-refractivity contribution in [3.05, 3.63) is 95.1 Å². The van der Waals surface area contributed by atoms with Gasteiger partial charge < -0.3 is 20.3 Å². The molecule has 0 bridgehead atoms. The van der Waals surface area contributed by atoms with Gasteiger partial charge in [0.1, 0.15) is 24.2 Å². The summed E-state index contributed by atoms with van der Waals surface area (Å²) in [5, 5.41) is 9.63. The molecule has 0 spiro atoms. The van der Waals surface area contributed by atoms with Crippen LogP contribution in [0.3, 0.4) is 0 Å². The Labute approximate surface area is 190 Å². The zero-order chi connectivity index (χ0) is 20.9. The van der Waals surface area contributed by atoms with Crippen molar-refractivity contribution >= 4 is 12.4 Å². The molecule has 3 aromatic rings. The molecule has 0 heterocycles. The van der Waals surface area contributed by atoms with E-state index < -0.39 is 6.10 Å². The highest BCUT2D eigenvalue weighted by Crippen LogP contribution is 2.47. The number of nitrogens with two attached hydrogens (primary N) is 1. The average Bonchev–Trinajstić information content (AvgIpc) is 2.82. The van der Waals surface area contributed by atoms with Gasteiger partial charge in [0.05, 0.1) is 7.11 Å². The Morgan fingerprint density at radius 1 is 0.968 bits per heavy atom. The molecule has 3 aromatic carbocycles. The third-order valence-corrected chi connectivity index (χ3v) is 5.99. The quantitative estimate of drug-likeness (QED) is 0.561. The lowest BCUT2D eigenvalue weighted by Crippen LogP contribution is -2.26. The molecule has 1 aliphatic carbocycles. The standard InChI is InChI=1S/C26H29NO3.ClH/c1-29-23-12-14-25-20(15-23)9-13-24(18-5-3-2-4-6-18)26(25)19-7-10-22(11-8-19)30-17-21(28)16-27;/h2-8,10-12,14-15,21,24,26,28H,9,13,16-17,27H2,1H3;1H/t21?,24-,26+;/m1./s1. The highest BCUT2D eigenvalue weighted by Gasteiger charge is 2.32. The molecule has 0 aliphatic heterocycles. The number of hydrogen-bond donors (Lipinski definition) is 2. The van der Waals surface area contributed by atoms with E-state index in [9.17, 15) is 5.11 Å². The Hall–Kier alpha value is -2.53. The van der Waals surface area contributed by atoms with Gasteiger partial charge in [-0.15, -0.1) is 12.4 Å². The first kappa shape index (κ1) is 23.1. The van der Waals surface area contributed by atoms with Crippen LogP contribution in [-0.4, -0.2) is 31.5 Å². The van der Waals surface area contributed by atoms with E-state index >= 15 is 0 Å². The van der Waals surface area contributed by atoms with Crippen LogP contribution >= 0.6 is 12.4 Å². The number of ether oxygens (including phenoxy) is 2. The molecule has 0 amide bonds. The van der Waals surface area contributed by atoms with Crippen LogP contribution in [0.1, 0.15) is 40.5 Å². The number of methoxy groups -OCH3 is 1. The molecule has 31 heavy (non-hydrogen) atoms. The molecular weight excluding hydrogens is 410 g/mol. The molecule has 164 valence electrons. The first-order chi connectivity index (χ1) is 14.7. The predicted molar refractivity (Wildman–Crippen MR) is 127 cm³/mol. The summed E-state index contributed by atoms with van der Waals surface area (Å²) >= 11 is 0. The van der Waals surface area contributed by atoms with Crippen molar-refractivity contribution < 1.29 is 14.6 Å². The summed E-state index contributed by atoms with van der Waals surface area (Å²) in [5.74, 6) is 2.34. The zero-order valence-corrected chi connectivity index (χ0v) is 18.6. The second kappa shape index (κ2) is 10.7. The van der Waals surface area contributed by atoms with Crippen LogP contribution in [0.4, 0.5) is 0 Å². The summed E-state index contributed by atoms with van der Waals surface area (Å²) in [7, 11) is 1.72.